The smallest absolute Gasteiger partial charge is 0.138 e. The van der Waals surface area contributed by atoms with Gasteiger partial charge >= 0.3 is 0 Å². The van der Waals surface area contributed by atoms with E-state index in [-0.39, 0.29) is 18.0 Å². The summed E-state index contributed by atoms with van der Waals surface area (Å²) in [6.45, 7) is 3.99. The van der Waals surface area contributed by atoms with Crippen LogP contribution >= 0.6 is 0 Å². The van der Waals surface area contributed by atoms with Crippen molar-refractivity contribution in [1.29, 1.82) is 0 Å². The first-order valence-corrected chi connectivity index (χ1v) is 6.86. The molecule has 2 aromatic rings. The molecular formula is C17H20FNO. The van der Waals surface area contributed by atoms with Crippen LogP contribution in [0.1, 0.15) is 31.1 Å². The van der Waals surface area contributed by atoms with Crippen LogP contribution in [0.2, 0.25) is 0 Å². The van der Waals surface area contributed by atoms with E-state index in [0.717, 1.165) is 17.7 Å². The van der Waals surface area contributed by atoms with E-state index in [9.17, 15) is 4.39 Å². The number of nitrogens with two attached hydrogens (primary N) is 1. The van der Waals surface area contributed by atoms with Crippen molar-refractivity contribution in [2.24, 2.45) is 5.73 Å². The van der Waals surface area contributed by atoms with E-state index in [0.29, 0.717) is 0 Å². The Morgan fingerprint density at radius 2 is 1.85 bits per heavy atom. The third-order valence-electron chi connectivity index (χ3n) is 3.25. The normalized spacial score (nSPS) is 13.8. The number of rotatable bonds is 5. The summed E-state index contributed by atoms with van der Waals surface area (Å²) in [4.78, 5) is 0. The van der Waals surface area contributed by atoms with Gasteiger partial charge in [-0.25, -0.2) is 4.39 Å². The molecule has 0 aromatic heterocycles. The zero-order valence-electron chi connectivity index (χ0n) is 11.8. The minimum Gasteiger partial charge on any atom is -0.484 e. The van der Waals surface area contributed by atoms with Gasteiger partial charge in [0.15, 0.2) is 0 Å². The van der Waals surface area contributed by atoms with Crippen LogP contribution in [0.3, 0.4) is 0 Å². The van der Waals surface area contributed by atoms with Gasteiger partial charge in [0.25, 0.3) is 0 Å². The summed E-state index contributed by atoms with van der Waals surface area (Å²) in [5, 5.41) is 0. The average Bonchev–Trinajstić information content (AvgIpc) is 2.46. The Kier molecular flexibility index (Phi) is 4.74. The first-order valence-electron chi connectivity index (χ1n) is 6.86. The van der Waals surface area contributed by atoms with Crippen molar-refractivity contribution in [3.05, 3.63) is 65.5 Å². The molecule has 0 bridgehead atoms. The fourth-order valence-corrected chi connectivity index (χ4v) is 2.12. The molecule has 0 saturated carbocycles. The zero-order valence-corrected chi connectivity index (χ0v) is 11.8. The standard InChI is InChI=1S/C17H20FNO/c1-3-13-5-4-6-16(11-13)20-17(12(2)19)14-7-9-15(18)10-8-14/h4-12,17H,3,19H2,1-2H3. The summed E-state index contributed by atoms with van der Waals surface area (Å²) < 4.78 is 19.0. The van der Waals surface area contributed by atoms with Crippen LogP contribution in [0.25, 0.3) is 0 Å². The molecule has 2 nitrogen and oxygen atoms in total. The summed E-state index contributed by atoms with van der Waals surface area (Å²) in [6, 6.07) is 14.1. The van der Waals surface area contributed by atoms with Gasteiger partial charge in [0.2, 0.25) is 0 Å². The van der Waals surface area contributed by atoms with Crippen LogP contribution in [-0.2, 0) is 6.42 Å². The van der Waals surface area contributed by atoms with Crippen LogP contribution in [0.5, 0.6) is 5.75 Å². The minimum atomic E-state index is -0.289. The highest BCUT2D eigenvalue weighted by Crippen LogP contribution is 2.25. The Morgan fingerprint density at radius 3 is 2.45 bits per heavy atom. The highest BCUT2D eigenvalue weighted by Gasteiger charge is 2.18. The summed E-state index contributed by atoms with van der Waals surface area (Å²) in [5.74, 6) is 0.529. The summed E-state index contributed by atoms with van der Waals surface area (Å²) >= 11 is 0. The topological polar surface area (TPSA) is 35.2 Å². The van der Waals surface area contributed by atoms with Gasteiger partial charge in [0.05, 0.1) is 0 Å². The molecule has 0 fully saturated rings. The zero-order chi connectivity index (χ0) is 14.5. The van der Waals surface area contributed by atoms with E-state index in [1.165, 1.54) is 17.7 Å². The van der Waals surface area contributed by atoms with Crippen LogP contribution in [0.15, 0.2) is 48.5 Å². The Morgan fingerprint density at radius 1 is 1.15 bits per heavy atom. The number of aryl methyl sites for hydroxylation is 1. The maximum Gasteiger partial charge on any atom is 0.138 e. The second-order valence-electron chi connectivity index (χ2n) is 4.95. The predicted octanol–water partition coefficient (Wildman–Crippen LogP) is 3.86. The third-order valence-corrected chi connectivity index (χ3v) is 3.25. The van der Waals surface area contributed by atoms with Crippen LogP contribution in [0, 0.1) is 5.82 Å². The summed E-state index contributed by atoms with van der Waals surface area (Å²) in [6.07, 6.45) is 0.666. The Labute approximate surface area is 119 Å². The molecule has 2 unspecified atom stereocenters. The Bertz CT molecular complexity index is 551. The molecule has 20 heavy (non-hydrogen) atoms. The lowest BCUT2D eigenvalue weighted by molar-refractivity contribution is 0.180. The molecule has 0 amide bonds. The quantitative estimate of drug-likeness (QED) is 0.898. The molecular weight excluding hydrogens is 253 g/mol. The lowest BCUT2D eigenvalue weighted by Gasteiger charge is -2.23. The lowest BCUT2D eigenvalue weighted by Crippen LogP contribution is -2.29. The number of benzene rings is 2. The Hall–Kier alpha value is -1.87. The SMILES string of the molecule is CCc1cccc(OC(c2ccc(F)cc2)C(C)N)c1. The minimum absolute atomic E-state index is 0.189. The molecule has 2 atom stereocenters. The second kappa shape index (κ2) is 6.53. The summed E-state index contributed by atoms with van der Waals surface area (Å²) in [7, 11) is 0. The molecule has 0 aliphatic heterocycles. The molecule has 0 aliphatic carbocycles. The maximum absolute atomic E-state index is 13.0. The molecule has 2 rings (SSSR count). The molecule has 0 saturated heterocycles. The fourth-order valence-electron chi connectivity index (χ4n) is 2.12. The van der Waals surface area contributed by atoms with E-state index in [1.54, 1.807) is 12.1 Å². The monoisotopic (exact) mass is 273 g/mol. The van der Waals surface area contributed by atoms with Crippen LogP contribution in [-0.4, -0.2) is 6.04 Å². The van der Waals surface area contributed by atoms with Crippen molar-refractivity contribution >= 4 is 0 Å². The van der Waals surface area contributed by atoms with E-state index in [2.05, 4.69) is 13.0 Å². The Balaban J connectivity index is 2.23. The van der Waals surface area contributed by atoms with Crippen molar-refractivity contribution in [2.75, 3.05) is 0 Å². The molecule has 0 radical (unpaired) electrons. The van der Waals surface area contributed by atoms with Crippen molar-refractivity contribution in [2.45, 2.75) is 32.4 Å². The van der Waals surface area contributed by atoms with Gasteiger partial charge in [-0.05, 0) is 48.7 Å². The number of halogens is 1. The first-order chi connectivity index (χ1) is 9.60. The molecule has 0 heterocycles. The van der Waals surface area contributed by atoms with E-state index in [1.807, 2.05) is 25.1 Å². The van der Waals surface area contributed by atoms with Crippen molar-refractivity contribution in [3.63, 3.8) is 0 Å². The van der Waals surface area contributed by atoms with E-state index < -0.39 is 0 Å². The van der Waals surface area contributed by atoms with E-state index >= 15 is 0 Å². The second-order valence-corrected chi connectivity index (χ2v) is 4.95. The van der Waals surface area contributed by atoms with Crippen molar-refractivity contribution < 1.29 is 9.13 Å². The van der Waals surface area contributed by atoms with Gasteiger partial charge in [-0.3, -0.25) is 0 Å². The predicted molar refractivity (Wildman–Crippen MR) is 79.2 cm³/mol. The molecule has 0 spiro atoms. The van der Waals surface area contributed by atoms with Crippen LogP contribution in [0.4, 0.5) is 4.39 Å². The largest absolute Gasteiger partial charge is 0.484 e. The lowest BCUT2D eigenvalue weighted by atomic mass is 10.0. The average molecular weight is 273 g/mol. The van der Waals surface area contributed by atoms with Gasteiger partial charge in [0.1, 0.15) is 17.7 Å². The van der Waals surface area contributed by atoms with Gasteiger partial charge in [-0.15, -0.1) is 0 Å². The molecule has 3 heteroatoms. The molecule has 2 N–H and O–H groups in total. The molecule has 2 aromatic carbocycles. The summed E-state index contributed by atoms with van der Waals surface area (Å²) in [5.41, 5.74) is 8.10. The molecule has 106 valence electrons. The van der Waals surface area contributed by atoms with E-state index in [4.69, 9.17) is 10.5 Å². The van der Waals surface area contributed by atoms with Gasteiger partial charge in [0, 0.05) is 6.04 Å². The van der Waals surface area contributed by atoms with Gasteiger partial charge < -0.3 is 10.5 Å². The van der Waals surface area contributed by atoms with Gasteiger partial charge in [-0.2, -0.15) is 0 Å². The number of hydrogen-bond donors (Lipinski definition) is 1. The number of ether oxygens (including phenoxy) is 1. The third kappa shape index (κ3) is 3.58. The first kappa shape index (κ1) is 14.5. The molecule has 0 aliphatic rings. The van der Waals surface area contributed by atoms with Crippen LogP contribution < -0.4 is 10.5 Å². The van der Waals surface area contributed by atoms with Crippen molar-refractivity contribution in [3.8, 4) is 5.75 Å². The number of hydrogen-bond acceptors (Lipinski definition) is 2. The highest BCUT2D eigenvalue weighted by molar-refractivity contribution is 5.30. The maximum atomic E-state index is 13.0. The van der Waals surface area contributed by atoms with Crippen molar-refractivity contribution in [1.82, 2.24) is 0 Å². The van der Waals surface area contributed by atoms with Gasteiger partial charge in [-0.1, -0.05) is 31.2 Å². The fraction of sp³-hybridized carbons (Fsp3) is 0.294. The highest BCUT2D eigenvalue weighted by atomic mass is 19.1.